The molecule has 5 nitrogen and oxygen atoms in total. The molecule has 1 atom stereocenters. The molecule has 108 valence electrons. The van der Waals surface area contributed by atoms with Crippen molar-refractivity contribution in [3.63, 3.8) is 0 Å². The van der Waals surface area contributed by atoms with Crippen LogP contribution in [0, 0.1) is 0 Å². The van der Waals surface area contributed by atoms with Gasteiger partial charge in [0.1, 0.15) is 0 Å². The van der Waals surface area contributed by atoms with Crippen LogP contribution in [0.5, 0.6) is 0 Å². The first-order chi connectivity index (χ1) is 9.52. The molecule has 0 fully saturated rings. The van der Waals surface area contributed by atoms with Crippen LogP contribution in [0.3, 0.4) is 0 Å². The number of imidazole rings is 1. The molecule has 1 amide bonds. The standard InChI is InChI=1S/C15H22N4O/c1-5-19(11(2)9-18(3)4)15(20)12-6-7-13-14(8-12)17-10-16-13/h6-8,10-11H,5,9H2,1-4H3,(H,16,17). The van der Waals surface area contributed by atoms with Gasteiger partial charge in [-0.1, -0.05) is 0 Å². The van der Waals surface area contributed by atoms with Gasteiger partial charge in [-0.25, -0.2) is 4.98 Å². The number of benzene rings is 1. The fraction of sp³-hybridized carbons (Fsp3) is 0.467. The van der Waals surface area contributed by atoms with Gasteiger partial charge in [0, 0.05) is 24.7 Å². The molecule has 0 aliphatic carbocycles. The summed E-state index contributed by atoms with van der Waals surface area (Å²) >= 11 is 0. The van der Waals surface area contributed by atoms with E-state index >= 15 is 0 Å². The van der Waals surface area contributed by atoms with Crippen molar-refractivity contribution in [3.8, 4) is 0 Å². The molecule has 1 N–H and O–H groups in total. The van der Waals surface area contributed by atoms with Gasteiger partial charge in [0.25, 0.3) is 5.91 Å². The van der Waals surface area contributed by atoms with Gasteiger partial charge in [0.15, 0.2) is 0 Å². The van der Waals surface area contributed by atoms with Crippen molar-refractivity contribution in [2.45, 2.75) is 19.9 Å². The normalized spacial score (nSPS) is 12.8. The number of carbonyl (C=O) groups excluding carboxylic acids is 1. The Morgan fingerprint density at radius 1 is 1.40 bits per heavy atom. The second kappa shape index (κ2) is 6.05. The molecule has 0 spiro atoms. The number of likely N-dealkylation sites (N-methyl/N-ethyl adjacent to an activating group) is 2. The third-order valence-electron chi connectivity index (χ3n) is 3.43. The summed E-state index contributed by atoms with van der Waals surface area (Å²) in [7, 11) is 4.04. The minimum absolute atomic E-state index is 0.0679. The highest BCUT2D eigenvalue weighted by molar-refractivity contribution is 5.97. The van der Waals surface area contributed by atoms with E-state index in [2.05, 4.69) is 21.8 Å². The van der Waals surface area contributed by atoms with E-state index in [1.807, 2.05) is 44.1 Å². The van der Waals surface area contributed by atoms with Crippen molar-refractivity contribution in [3.05, 3.63) is 30.1 Å². The average molecular weight is 274 g/mol. The van der Waals surface area contributed by atoms with E-state index in [9.17, 15) is 4.79 Å². The molecule has 5 heteroatoms. The summed E-state index contributed by atoms with van der Waals surface area (Å²) in [4.78, 5) is 23.8. The monoisotopic (exact) mass is 274 g/mol. The van der Waals surface area contributed by atoms with E-state index in [1.165, 1.54) is 0 Å². The number of aromatic amines is 1. The topological polar surface area (TPSA) is 52.2 Å². The maximum Gasteiger partial charge on any atom is 0.254 e. The Morgan fingerprint density at radius 3 is 2.80 bits per heavy atom. The molecule has 2 rings (SSSR count). The van der Waals surface area contributed by atoms with Crippen molar-refractivity contribution in [1.29, 1.82) is 0 Å². The molecule has 0 bridgehead atoms. The Bertz CT molecular complexity index is 590. The molecule has 2 aromatic rings. The summed E-state index contributed by atoms with van der Waals surface area (Å²) in [5.74, 6) is 0.0679. The van der Waals surface area contributed by atoms with E-state index in [0.717, 1.165) is 17.6 Å². The Labute approximate surface area is 119 Å². The van der Waals surface area contributed by atoms with Crippen LogP contribution in [-0.4, -0.2) is 58.9 Å². The van der Waals surface area contributed by atoms with Crippen LogP contribution in [0.15, 0.2) is 24.5 Å². The summed E-state index contributed by atoms with van der Waals surface area (Å²) < 4.78 is 0. The summed E-state index contributed by atoms with van der Waals surface area (Å²) in [6.45, 7) is 5.65. The third kappa shape index (κ3) is 2.99. The lowest BCUT2D eigenvalue weighted by atomic mass is 10.1. The highest BCUT2D eigenvalue weighted by atomic mass is 16.2. The van der Waals surface area contributed by atoms with E-state index in [4.69, 9.17) is 0 Å². The predicted molar refractivity (Wildman–Crippen MR) is 80.8 cm³/mol. The number of hydrogen-bond donors (Lipinski definition) is 1. The Hall–Kier alpha value is -1.88. The second-order valence-corrected chi connectivity index (χ2v) is 5.34. The Kier molecular flexibility index (Phi) is 4.39. The smallest absolute Gasteiger partial charge is 0.254 e. The van der Waals surface area contributed by atoms with Crippen molar-refractivity contribution in [2.75, 3.05) is 27.2 Å². The first-order valence-corrected chi connectivity index (χ1v) is 6.91. The summed E-state index contributed by atoms with van der Waals surface area (Å²) in [5, 5.41) is 0. The number of hydrogen-bond acceptors (Lipinski definition) is 3. The summed E-state index contributed by atoms with van der Waals surface area (Å²) in [6, 6.07) is 5.77. The van der Waals surface area contributed by atoms with Crippen molar-refractivity contribution < 1.29 is 4.79 Å². The zero-order chi connectivity index (χ0) is 14.7. The molecule has 0 saturated carbocycles. The van der Waals surface area contributed by atoms with Crippen LogP contribution in [0.2, 0.25) is 0 Å². The van der Waals surface area contributed by atoms with Crippen LogP contribution in [-0.2, 0) is 0 Å². The summed E-state index contributed by atoms with van der Waals surface area (Å²) in [5.41, 5.74) is 2.48. The number of rotatable bonds is 5. The molecule has 1 heterocycles. The van der Waals surface area contributed by atoms with Gasteiger partial charge in [-0.2, -0.15) is 0 Å². The van der Waals surface area contributed by atoms with Crippen molar-refractivity contribution >= 4 is 16.9 Å². The number of H-pyrrole nitrogens is 1. The lowest BCUT2D eigenvalue weighted by molar-refractivity contribution is 0.0679. The number of amides is 1. The average Bonchev–Trinajstić information content (AvgIpc) is 2.85. The fourth-order valence-electron chi connectivity index (χ4n) is 2.52. The van der Waals surface area contributed by atoms with Crippen LogP contribution in [0.1, 0.15) is 24.2 Å². The minimum Gasteiger partial charge on any atom is -0.345 e. The van der Waals surface area contributed by atoms with Crippen molar-refractivity contribution in [2.24, 2.45) is 0 Å². The molecule has 1 aromatic carbocycles. The van der Waals surface area contributed by atoms with Crippen LogP contribution in [0.4, 0.5) is 0 Å². The van der Waals surface area contributed by atoms with Gasteiger partial charge in [-0.3, -0.25) is 4.79 Å². The third-order valence-corrected chi connectivity index (χ3v) is 3.43. The van der Waals surface area contributed by atoms with E-state index in [1.54, 1.807) is 6.33 Å². The first-order valence-electron chi connectivity index (χ1n) is 6.91. The van der Waals surface area contributed by atoms with E-state index < -0.39 is 0 Å². The highest BCUT2D eigenvalue weighted by Crippen LogP contribution is 2.15. The van der Waals surface area contributed by atoms with Crippen LogP contribution < -0.4 is 0 Å². The predicted octanol–water partition coefficient (Wildman–Crippen LogP) is 1.98. The van der Waals surface area contributed by atoms with Crippen LogP contribution in [0.25, 0.3) is 11.0 Å². The van der Waals surface area contributed by atoms with Gasteiger partial charge in [0.05, 0.1) is 17.4 Å². The number of carbonyl (C=O) groups is 1. The number of fused-ring (bicyclic) bond motifs is 1. The van der Waals surface area contributed by atoms with Crippen LogP contribution >= 0.6 is 0 Å². The number of nitrogens with one attached hydrogen (secondary N) is 1. The lowest BCUT2D eigenvalue weighted by Gasteiger charge is -2.30. The Morgan fingerprint density at radius 2 is 2.15 bits per heavy atom. The number of nitrogens with zero attached hydrogens (tertiary/aromatic N) is 3. The lowest BCUT2D eigenvalue weighted by Crippen LogP contribution is -2.43. The van der Waals surface area contributed by atoms with E-state index in [0.29, 0.717) is 12.1 Å². The van der Waals surface area contributed by atoms with Crippen molar-refractivity contribution in [1.82, 2.24) is 19.8 Å². The summed E-state index contributed by atoms with van der Waals surface area (Å²) in [6.07, 6.45) is 1.64. The maximum atomic E-state index is 12.6. The Balaban J connectivity index is 2.22. The quantitative estimate of drug-likeness (QED) is 0.907. The zero-order valence-corrected chi connectivity index (χ0v) is 12.6. The van der Waals surface area contributed by atoms with Gasteiger partial charge in [0.2, 0.25) is 0 Å². The maximum absolute atomic E-state index is 12.6. The molecule has 0 aliphatic heterocycles. The molecule has 0 aliphatic rings. The molecule has 20 heavy (non-hydrogen) atoms. The zero-order valence-electron chi connectivity index (χ0n) is 12.6. The van der Waals surface area contributed by atoms with E-state index in [-0.39, 0.29) is 11.9 Å². The largest absolute Gasteiger partial charge is 0.345 e. The molecule has 0 saturated heterocycles. The van der Waals surface area contributed by atoms with Gasteiger partial charge < -0.3 is 14.8 Å². The molecular formula is C15H22N4O. The SMILES string of the molecule is CCN(C(=O)c1ccc2nc[nH]c2c1)C(C)CN(C)C. The van der Waals surface area contributed by atoms with Gasteiger partial charge >= 0.3 is 0 Å². The molecule has 1 unspecified atom stereocenters. The highest BCUT2D eigenvalue weighted by Gasteiger charge is 2.20. The minimum atomic E-state index is 0.0679. The van der Waals surface area contributed by atoms with Gasteiger partial charge in [-0.05, 0) is 46.1 Å². The fourth-order valence-corrected chi connectivity index (χ4v) is 2.52. The first kappa shape index (κ1) is 14.5. The van der Waals surface area contributed by atoms with Gasteiger partial charge in [-0.15, -0.1) is 0 Å². The molecule has 1 aromatic heterocycles. The number of aromatic nitrogens is 2. The molecular weight excluding hydrogens is 252 g/mol. The second-order valence-electron chi connectivity index (χ2n) is 5.34. The molecule has 0 radical (unpaired) electrons.